The number of nitrogens with one attached hydrogen (secondary N) is 6. The molecule has 10 N–H and O–H groups in total. The van der Waals surface area contributed by atoms with Gasteiger partial charge in [0.2, 0.25) is 35.7 Å². The molecule has 0 spiro atoms. The Morgan fingerprint density at radius 3 is 1.08 bits per heavy atom. The lowest BCUT2D eigenvalue weighted by Crippen LogP contribution is -2.19. The first-order chi connectivity index (χ1) is 23.5. The third kappa shape index (κ3) is 9.40. The van der Waals surface area contributed by atoms with E-state index in [1.165, 1.54) is 0 Å². The van der Waals surface area contributed by atoms with Gasteiger partial charge in [-0.15, -0.1) is 0 Å². The van der Waals surface area contributed by atoms with Crippen LogP contribution in [0.1, 0.15) is 11.1 Å². The molecule has 0 radical (unpaired) electrons. The second-order valence-corrected chi connectivity index (χ2v) is 10.6. The average molecular weight is 641 g/mol. The molecule has 242 valence electrons. The molecule has 0 atom stereocenters. The van der Waals surface area contributed by atoms with Gasteiger partial charge in [-0.2, -0.15) is 29.9 Å². The highest BCUT2D eigenvalue weighted by molar-refractivity contribution is 5.57. The molecule has 4 aromatic carbocycles. The highest BCUT2D eigenvalue weighted by Crippen LogP contribution is 2.18. The van der Waals surface area contributed by atoms with Gasteiger partial charge in [-0.05, 0) is 59.7 Å². The fourth-order valence-corrected chi connectivity index (χ4v) is 4.46. The molecular weight excluding hydrogens is 604 g/mol. The van der Waals surface area contributed by atoms with Crippen molar-refractivity contribution in [2.45, 2.75) is 13.1 Å². The van der Waals surface area contributed by atoms with Gasteiger partial charge < -0.3 is 43.4 Å². The highest BCUT2D eigenvalue weighted by Gasteiger charge is 2.10. The standard InChI is InChI=1S/C34H36N14/c35-25-15-11-23(12-16-25)21-39-31-43-29(45-33(47-31)41-27-7-3-1-4-8-27)37-19-20-38-30-44-32(40-22-24-13-17-26(36)18-14-24)48-34(46-30)42-28-9-5-2-6-10-28/h1-18H,19-22,35-36H2,(H3,37,39,41,43,45,47)(H3,38,40,42,44,46,48). The van der Waals surface area contributed by atoms with E-state index in [9.17, 15) is 0 Å². The Hall–Kier alpha value is -6.70. The van der Waals surface area contributed by atoms with Crippen LogP contribution in [0.2, 0.25) is 0 Å². The Morgan fingerprint density at radius 1 is 0.375 bits per heavy atom. The quantitative estimate of drug-likeness (QED) is 0.0519. The Kier molecular flexibility index (Phi) is 10.1. The molecule has 6 rings (SSSR count). The van der Waals surface area contributed by atoms with Crippen molar-refractivity contribution in [2.75, 3.05) is 56.5 Å². The number of nitrogens with zero attached hydrogens (tertiary/aromatic N) is 6. The summed E-state index contributed by atoms with van der Waals surface area (Å²) >= 11 is 0. The summed E-state index contributed by atoms with van der Waals surface area (Å²) in [6, 6.07) is 34.7. The van der Waals surface area contributed by atoms with Gasteiger partial charge in [0.25, 0.3) is 0 Å². The van der Waals surface area contributed by atoms with Crippen LogP contribution >= 0.6 is 0 Å². The maximum Gasteiger partial charge on any atom is 0.233 e. The average Bonchev–Trinajstić information content (AvgIpc) is 3.10. The van der Waals surface area contributed by atoms with E-state index in [0.717, 1.165) is 22.5 Å². The number of hydrogen-bond acceptors (Lipinski definition) is 14. The summed E-state index contributed by atoms with van der Waals surface area (Å²) in [6.07, 6.45) is 0. The molecule has 0 unspecified atom stereocenters. The number of para-hydroxylation sites is 2. The smallest absolute Gasteiger partial charge is 0.233 e. The molecule has 0 amide bonds. The number of aromatic nitrogens is 6. The van der Waals surface area contributed by atoms with Crippen LogP contribution in [0.3, 0.4) is 0 Å². The van der Waals surface area contributed by atoms with Crippen LogP contribution in [0.4, 0.5) is 58.4 Å². The van der Waals surface area contributed by atoms with E-state index in [1.807, 2.05) is 109 Å². The van der Waals surface area contributed by atoms with Crippen LogP contribution in [-0.4, -0.2) is 43.0 Å². The zero-order valence-electron chi connectivity index (χ0n) is 26.1. The lowest BCUT2D eigenvalue weighted by Gasteiger charge is -2.13. The molecule has 0 fully saturated rings. The van der Waals surface area contributed by atoms with E-state index in [2.05, 4.69) is 61.8 Å². The molecule has 0 aliphatic carbocycles. The Morgan fingerprint density at radius 2 is 0.708 bits per heavy atom. The lowest BCUT2D eigenvalue weighted by molar-refractivity contribution is 0.954. The van der Waals surface area contributed by atoms with Gasteiger partial charge in [-0.3, -0.25) is 0 Å². The maximum absolute atomic E-state index is 5.83. The van der Waals surface area contributed by atoms with E-state index >= 15 is 0 Å². The predicted molar refractivity (Wildman–Crippen MR) is 192 cm³/mol. The van der Waals surface area contributed by atoms with Gasteiger partial charge in [0, 0.05) is 48.9 Å². The Bertz CT molecular complexity index is 1750. The topological polar surface area (TPSA) is 202 Å². The van der Waals surface area contributed by atoms with Crippen molar-refractivity contribution >= 4 is 58.4 Å². The monoisotopic (exact) mass is 640 g/mol. The van der Waals surface area contributed by atoms with Gasteiger partial charge in [-0.25, -0.2) is 0 Å². The first-order valence-electron chi connectivity index (χ1n) is 15.3. The first-order valence-corrected chi connectivity index (χ1v) is 15.3. The molecule has 0 saturated carbocycles. The zero-order chi connectivity index (χ0) is 33.0. The molecule has 0 saturated heterocycles. The van der Waals surface area contributed by atoms with Crippen molar-refractivity contribution in [3.63, 3.8) is 0 Å². The molecule has 48 heavy (non-hydrogen) atoms. The largest absolute Gasteiger partial charge is 0.399 e. The van der Waals surface area contributed by atoms with Crippen molar-refractivity contribution in [1.29, 1.82) is 0 Å². The number of hydrogen-bond donors (Lipinski definition) is 8. The van der Waals surface area contributed by atoms with Gasteiger partial charge in [-0.1, -0.05) is 60.7 Å². The number of anilines is 10. The highest BCUT2D eigenvalue weighted by atomic mass is 15.3. The molecule has 0 aliphatic heterocycles. The molecular formula is C34H36N14. The van der Waals surface area contributed by atoms with E-state index in [4.69, 9.17) is 11.5 Å². The summed E-state index contributed by atoms with van der Waals surface area (Å²) in [6.45, 7) is 1.97. The van der Waals surface area contributed by atoms with Crippen LogP contribution < -0.4 is 43.4 Å². The van der Waals surface area contributed by atoms with Crippen LogP contribution in [-0.2, 0) is 13.1 Å². The third-order valence-corrected chi connectivity index (χ3v) is 6.88. The lowest BCUT2D eigenvalue weighted by atomic mass is 10.2. The second kappa shape index (κ2) is 15.5. The van der Waals surface area contributed by atoms with E-state index in [0.29, 0.717) is 73.2 Å². The van der Waals surface area contributed by atoms with Crippen molar-refractivity contribution < 1.29 is 0 Å². The summed E-state index contributed by atoms with van der Waals surface area (Å²) in [7, 11) is 0. The fourth-order valence-electron chi connectivity index (χ4n) is 4.46. The Balaban J connectivity index is 1.12. The number of benzene rings is 4. The van der Waals surface area contributed by atoms with Gasteiger partial charge in [0.1, 0.15) is 0 Å². The molecule has 14 heteroatoms. The van der Waals surface area contributed by atoms with Crippen molar-refractivity contribution in [3.8, 4) is 0 Å². The van der Waals surface area contributed by atoms with Crippen LogP contribution in [0.15, 0.2) is 109 Å². The second-order valence-electron chi connectivity index (χ2n) is 10.6. The summed E-state index contributed by atoms with van der Waals surface area (Å²) in [5.41, 5.74) is 16.9. The summed E-state index contributed by atoms with van der Waals surface area (Å²) in [4.78, 5) is 27.4. The fraction of sp³-hybridized carbons (Fsp3) is 0.118. The normalized spacial score (nSPS) is 10.6. The molecule has 2 aromatic heterocycles. The van der Waals surface area contributed by atoms with Gasteiger partial charge >= 0.3 is 0 Å². The molecule has 0 bridgehead atoms. The molecule has 2 heterocycles. The van der Waals surface area contributed by atoms with Crippen molar-refractivity contribution in [2.24, 2.45) is 0 Å². The molecule has 14 nitrogen and oxygen atoms in total. The SMILES string of the molecule is Nc1ccc(CNc2nc(NCCNc3nc(NCc4ccc(N)cc4)nc(Nc4ccccc4)n3)nc(Nc3ccccc3)n2)cc1. The van der Waals surface area contributed by atoms with E-state index in [-0.39, 0.29) is 0 Å². The van der Waals surface area contributed by atoms with Crippen LogP contribution in [0, 0.1) is 0 Å². The first kappa shape index (κ1) is 31.3. The van der Waals surface area contributed by atoms with E-state index in [1.54, 1.807) is 0 Å². The molecule has 6 aromatic rings. The summed E-state index contributed by atoms with van der Waals surface area (Å²) < 4.78 is 0. The summed E-state index contributed by atoms with van der Waals surface area (Å²) in [5, 5.41) is 19.6. The van der Waals surface area contributed by atoms with Gasteiger partial charge in [0.05, 0.1) is 0 Å². The van der Waals surface area contributed by atoms with Crippen molar-refractivity contribution in [3.05, 3.63) is 120 Å². The number of rotatable bonds is 15. The molecule has 0 aliphatic rings. The summed E-state index contributed by atoms with van der Waals surface area (Å²) in [5.74, 6) is 2.44. The van der Waals surface area contributed by atoms with Gasteiger partial charge in [0.15, 0.2) is 0 Å². The number of nitrogen functional groups attached to an aromatic ring is 2. The minimum absolute atomic E-state index is 0.400. The maximum atomic E-state index is 5.83. The minimum Gasteiger partial charge on any atom is -0.399 e. The van der Waals surface area contributed by atoms with E-state index < -0.39 is 0 Å². The predicted octanol–water partition coefficient (Wildman–Crippen LogP) is 5.46. The Labute approximate surface area is 277 Å². The number of nitrogens with two attached hydrogens (primary N) is 2. The van der Waals surface area contributed by atoms with Crippen LogP contribution in [0.25, 0.3) is 0 Å². The van der Waals surface area contributed by atoms with Crippen molar-refractivity contribution in [1.82, 2.24) is 29.9 Å². The minimum atomic E-state index is 0.400. The van der Waals surface area contributed by atoms with Crippen LogP contribution in [0.5, 0.6) is 0 Å². The zero-order valence-corrected chi connectivity index (χ0v) is 26.1. The third-order valence-electron chi connectivity index (χ3n) is 6.88.